The van der Waals surface area contributed by atoms with Gasteiger partial charge in [-0.05, 0) is 43.4 Å². The first kappa shape index (κ1) is 14.8. The van der Waals surface area contributed by atoms with E-state index < -0.39 is 5.60 Å². The van der Waals surface area contributed by atoms with E-state index in [2.05, 4.69) is 11.1 Å². The highest BCUT2D eigenvalue weighted by Gasteiger charge is 2.50. The molecule has 0 amide bonds. The van der Waals surface area contributed by atoms with E-state index in [-0.39, 0.29) is 11.4 Å². The minimum atomic E-state index is -0.809. The monoisotopic (exact) mass is 318 g/mol. The third kappa shape index (κ3) is 2.25. The van der Waals surface area contributed by atoms with Crippen LogP contribution in [0.3, 0.4) is 0 Å². The van der Waals surface area contributed by atoms with Gasteiger partial charge in [0.25, 0.3) is 0 Å². The molecule has 1 N–H and O–H groups in total. The highest BCUT2D eigenvalue weighted by molar-refractivity contribution is 6.13. The Morgan fingerprint density at radius 2 is 1.71 bits per heavy atom. The Hall–Kier alpha value is -2.80. The van der Waals surface area contributed by atoms with Crippen LogP contribution in [-0.4, -0.2) is 16.4 Å². The van der Waals surface area contributed by atoms with Gasteiger partial charge in [0.05, 0.1) is 5.69 Å². The number of Topliss-reactive ketones (excluding diaryl/α,β-unsaturated/α-hetero) is 1. The Morgan fingerprint density at radius 1 is 1.00 bits per heavy atom. The highest BCUT2D eigenvalue weighted by atomic mass is 16.5. The smallest absolute Gasteiger partial charge is 0.220 e. The number of hydrogen-bond donors (Lipinski definition) is 1. The number of hydrogen-bond acceptors (Lipinski definition) is 3. The molecule has 4 rings (SSSR count). The summed E-state index contributed by atoms with van der Waals surface area (Å²) in [5.74, 6) is 0.266. The van der Waals surface area contributed by atoms with Crippen LogP contribution in [0.1, 0.15) is 37.8 Å². The summed E-state index contributed by atoms with van der Waals surface area (Å²) >= 11 is 0. The van der Waals surface area contributed by atoms with Crippen LogP contribution in [0.5, 0.6) is 0 Å². The number of rotatable bonds is 2. The van der Waals surface area contributed by atoms with E-state index in [9.17, 15) is 10.1 Å². The number of nitrogens with zero attached hydrogens (tertiary/aromatic N) is 1. The van der Waals surface area contributed by atoms with Gasteiger partial charge in [-0.1, -0.05) is 36.8 Å². The molecule has 1 spiro atoms. The maximum atomic E-state index is 12.8. The van der Waals surface area contributed by atoms with Gasteiger partial charge in [0.1, 0.15) is 11.6 Å². The number of carbonyl (C=O) groups is 1. The van der Waals surface area contributed by atoms with Crippen molar-refractivity contribution >= 4 is 11.5 Å². The summed E-state index contributed by atoms with van der Waals surface area (Å²) in [6.45, 7) is 0. The van der Waals surface area contributed by atoms with Gasteiger partial charge in [-0.25, -0.2) is 0 Å². The number of H-pyrrole nitrogens is 1. The van der Waals surface area contributed by atoms with Crippen LogP contribution in [0.15, 0.2) is 48.0 Å². The molecule has 2 heterocycles. The minimum Gasteiger partial charge on any atom is -0.475 e. The Balaban J connectivity index is 1.71. The summed E-state index contributed by atoms with van der Waals surface area (Å²) < 4.78 is 6.12. The number of ketones is 1. The van der Waals surface area contributed by atoms with E-state index in [1.165, 1.54) is 0 Å². The molecule has 0 saturated heterocycles. The van der Waals surface area contributed by atoms with Crippen molar-refractivity contribution in [2.24, 2.45) is 0 Å². The van der Waals surface area contributed by atoms with Crippen molar-refractivity contribution in [2.45, 2.75) is 37.7 Å². The van der Waals surface area contributed by atoms with Gasteiger partial charge >= 0.3 is 0 Å². The lowest BCUT2D eigenvalue weighted by atomic mass is 9.81. The second-order valence-electron chi connectivity index (χ2n) is 6.45. The van der Waals surface area contributed by atoms with Crippen LogP contribution in [0, 0.1) is 11.3 Å². The molecule has 1 aromatic heterocycles. The summed E-state index contributed by atoms with van der Waals surface area (Å²) in [5, 5.41) is 9.48. The molecule has 0 bridgehead atoms. The highest BCUT2D eigenvalue weighted by Crippen LogP contribution is 2.44. The molecule has 0 radical (unpaired) electrons. The lowest BCUT2D eigenvalue weighted by Crippen LogP contribution is -2.39. The van der Waals surface area contributed by atoms with Gasteiger partial charge in [-0.3, -0.25) is 4.79 Å². The fourth-order valence-electron chi connectivity index (χ4n) is 3.68. The van der Waals surface area contributed by atoms with Crippen molar-refractivity contribution in [1.29, 1.82) is 5.26 Å². The lowest BCUT2D eigenvalue weighted by Gasteiger charge is -2.31. The van der Waals surface area contributed by atoms with Gasteiger partial charge in [0.2, 0.25) is 5.78 Å². The Morgan fingerprint density at radius 3 is 2.42 bits per heavy atom. The quantitative estimate of drug-likeness (QED) is 0.901. The van der Waals surface area contributed by atoms with E-state index in [1.807, 2.05) is 42.5 Å². The van der Waals surface area contributed by atoms with E-state index >= 15 is 0 Å². The fourth-order valence-corrected chi connectivity index (χ4v) is 3.68. The first-order valence-electron chi connectivity index (χ1n) is 8.36. The number of aromatic nitrogens is 1. The fraction of sp³-hybridized carbons (Fsp3) is 0.300. The zero-order valence-corrected chi connectivity index (χ0v) is 13.3. The molecule has 0 unspecified atom stereocenters. The van der Waals surface area contributed by atoms with Crippen LogP contribution in [0.2, 0.25) is 0 Å². The van der Waals surface area contributed by atoms with Crippen LogP contribution < -0.4 is 0 Å². The molecular weight excluding hydrogens is 300 g/mol. The number of nitrogens with one attached hydrogen (secondary N) is 1. The first-order valence-corrected chi connectivity index (χ1v) is 8.36. The van der Waals surface area contributed by atoms with E-state index in [0.717, 1.165) is 30.5 Å². The Kier molecular flexibility index (Phi) is 3.50. The number of aromatic amines is 1. The van der Waals surface area contributed by atoms with Gasteiger partial charge in [0.15, 0.2) is 11.4 Å². The van der Waals surface area contributed by atoms with Crippen LogP contribution in [0.4, 0.5) is 0 Å². The zero-order chi connectivity index (χ0) is 16.6. The van der Waals surface area contributed by atoms with Crippen molar-refractivity contribution in [3.05, 3.63) is 53.7 Å². The molecule has 1 aliphatic carbocycles. The number of benzene rings is 1. The van der Waals surface area contributed by atoms with Crippen molar-refractivity contribution < 1.29 is 9.53 Å². The van der Waals surface area contributed by atoms with E-state index in [4.69, 9.17) is 4.74 Å². The average molecular weight is 318 g/mol. The third-order valence-corrected chi connectivity index (χ3v) is 4.95. The minimum absolute atomic E-state index is 0.143. The number of ether oxygens (including phenoxy) is 1. The SMILES string of the molecule is N#CC1=C(c2ccc(-c3ccccc3)[nH]2)OC2(CCCCC2)C1=O. The molecule has 120 valence electrons. The summed E-state index contributed by atoms with van der Waals surface area (Å²) in [7, 11) is 0. The molecular formula is C20H18N2O2. The molecule has 4 heteroatoms. The van der Waals surface area contributed by atoms with Gasteiger partial charge < -0.3 is 9.72 Å². The van der Waals surface area contributed by atoms with Crippen LogP contribution in [0.25, 0.3) is 17.0 Å². The van der Waals surface area contributed by atoms with E-state index in [0.29, 0.717) is 24.3 Å². The van der Waals surface area contributed by atoms with Crippen molar-refractivity contribution in [2.75, 3.05) is 0 Å². The maximum Gasteiger partial charge on any atom is 0.220 e. The molecule has 1 aromatic carbocycles. The first-order chi connectivity index (χ1) is 11.7. The molecule has 1 fully saturated rings. The Bertz CT molecular complexity index is 849. The van der Waals surface area contributed by atoms with E-state index in [1.54, 1.807) is 0 Å². The maximum absolute atomic E-state index is 12.8. The molecule has 24 heavy (non-hydrogen) atoms. The zero-order valence-electron chi connectivity index (χ0n) is 13.3. The Labute approximate surface area is 140 Å². The van der Waals surface area contributed by atoms with Crippen LogP contribution >= 0.6 is 0 Å². The summed E-state index contributed by atoms with van der Waals surface area (Å²) in [4.78, 5) is 16.0. The average Bonchev–Trinajstić information content (AvgIpc) is 3.21. The summed E-state index contributed by atoms with van der Waals surface area (Å²) in [5.41, 5.74) is 2.03. The molecule has 4 nitrogen and oxygen atoms in total. The van der Waals surface area contributed by atoms with Gasteiger partial charge in [-0.2, -0.15) is 5.26 Å². The van der Waals surface area contributed by atoms with Crippen molar-refractivity contribution in [3.8, 4) is 17.3 Å². The summed E-state index contributed by atoms with van der Waals surface area (Å²) in [6.07, 6.45) is 4.46. The predicted octanol–water partition coefficient (Wildman–Crippen LogP) is 4.22. The largest absolute Gasteiger partial charge is 0.475 e. The standard InChI is InChI=1S/C20H18N2O2/c21-13-15-18(24-20(19(15)23)11-5-2-6-12-20)17-10-9-16(22-17)14-7-3-1-4-8-14/h1,3-4,7-10,22H,2,5-6,11-12H2. The molecule has 2 aliphatic rings. The molecule has 0 atom stereocenters. The molecule has 1 aliphatic heterocycles. The number of nitriles is 1. The summed E-state index contributed by atoms with van der Waals surface area (Å²) in [6, 6.07) is 15.8. The number of carbonyl (C=O) groups excluding carboxylic acids is 1. The van der Waals surface area contributed by atoms with Gasteiger partial charge in [0, 0.05) is 5.69 Å². The van der Waals surface area contributed by atoms with Gasteiger partial charge in [-0.15, -0.1) is 0 Å². The van der Waals surface area contributed by atoms with Crippen LogP contribution in [-0.2, 0) is 9.53 Å². The normalized spacial score (nSPS) is 19.4. The third-order valence-electron chi connectivity index (χ3n) is 4.95. The predicted molar refractivity (Wildman–Crippen MR) is 90.7 cm³/mol. The second-order valence-corrected chi connectivity index (χ2v) is 6.45. The van der Waals surface area contributed by atoms with Crippen molar-refractivity contribution in [3.63, 3.8) is 0 Å². The van der Waals surface area contributed by atoms with Crippen molar-refractivity contribution in [1.82, 2.24) is 4.98 Å². The topological polar surface area (TPSA) is 65.9 Å². The molecule has 1 saturated carbocycles. The molecule has 2 aromatic rings. The lowest BCUT2D eigenvalue weighted by molar-refractivity contribution is -0.131. The second kappa shape index (κ2) is 5.68.